The van der Waals surface area contributed by atoms with Crippen LogP contribution in [-0.4, -0.2) is 42.2 Å². The molecule has 1 aromatic rings. The van der Waals surface area contributed by atoms with E-state index in [1.54, 1.807) is 14.0 Å². The van der Waals surface area contributed by atoms with Gasteiger partial charge in [-0.05, 0) is 22.9 Å². The van der Waals surface area contributed by atoms with Crippen molar-refractivity contribution >= 4 is 33.5 Å². The lowest BCUT2D eigenvalue weighted by atomic mass is 10.3. The van der Waals surface area contributed by atoms with Crippen LogP contribution >= 0.6 is 15.9 Å². The minimum Gasteiger partial charge on any atom is -0.383 e. The molecule has 8 heteroatoms. The van der Waals surface area contributed by atoms with Gasteiger partial charge in [0.05, 0.1) is 6.61 Å². The zero-order valence-corrected chi connectivity index (χ0v) is 11.8. The van der Waals surface area contributed by atoms with Gasteiger partial charge in [-0.3, -0.25) is 4.79 Å². The number of halogens is 1. The summed E-state index contributed by atoms with van der Waals surface area (Å²) in [4.78, 5) is 19.5. The molecular weight excluding hydrogens is 302 g/mol. The summed E-state index contributed by atoms with van der Waals surface area (Å²) in [5, 5.41) is 5.67. The molecule has 0 bridgehead atoms. The van der Waals surface area contributed by atoms with Crippen molar-refractivity contribution in [2.24, 2.45) is 0 Å². The summed E-state index contributed by atoms with van der Waals surface area (Å²) in [7, 11) is 1.58. The van der Waals surface area contributed by atoms with Gasteiger partial charge in [-0.1, -0.05) is 0 Å². The number of carbonyl (C=O) groups is 1. The van der Waals surface area contributed by atoms with Crippen molar-refractivity contribution < 1.29 is 9.53 Å². The molecule has 0 aromatic carbocycles. The summed E-state index contributed by atoms with van der Waals surface area (Å²) >= 11 is 3.26. The first-order valence-corrected chi connectivity index (χ1v) is 6.14. The highest BCUT2D eigenvalue weighted by atomic mass is 79.9. The number of amides is 1. The van der Waals surface area contributed by atoms with Gasteiger partial charge < -0.3 is 21.1 Å². The molecular formula is C10H16BrN5O2. The van der Waals surface area contributed by atoms with Crippen LogP contribution in [0.4, 0.5) is 11.6 Å². The number of nitrogens with two attached hydrogens (primary N) is 1. The number of methoxy groups -OCH3 is 1. The van der Waals surface area contributed by atoms with Crippen LogP contribution in [0.15, 0.2) is 10.8 Å². The first-order chi connectivity index (χ1) is 8.56. The average Bonchev–Trinajstić information content (AvgIpc) is 2.35. The molecule has 18 heavy (non-hydrogen) atoms. The number of carbonyl (C=O) groups excluding carboxylic acids is 1. The number of aromatic nitrogens is 2. The van der Waals surface area contributed by atoms with E-state index in [0.29, 0.717) is 29.3 Å². The lowest BCUT2D eigenvalue weighted by molar-refractivity contribution is -0.121. The third-order valence-electron chi connectivity index (χ3n) is 2.17. The van der Waals surface area contributed by atoms with E-state index in [1.165, 1.54) is 6.33 Å². The van der Waals surface area contributed by atoms with Gasteiger partial charge in [0.1, 0.15) is 28.5 Å². The third kappa shape index (κ3) is 4.11. The molecule has 0 spiro atoms. The second-order valence-electron chi connectivity index (χ2n) is 3.57. The van der Waals surface area contributed by atoms with Gasteiger partial charge in [-0.15, -0.1) is 0 Å². The van der Waals surface area contributed by atoms with Crippen molar-refractivity contribution in [3.8, 4) is 0 Å². The quantitative estimate of drug-likeness (QED) is 0.656. The SMILES string of the molecule is COCCNC(=O)C(C)Nc1ncnc(N)c1Br. The Labute approximate surface area is 114 Å². The van der Waals surface area contributed by atoms with E-state index in [2.05, 4.69) is 36.5 Å². The van der Waals surface area contributed by atoms with E-state index in [-0.39, 0.29) is 5.91 Å². The number of rotatable bonds is 6. The predicted octanol–water partition coefficient (Wildman–Crippen LogP) is 0.384. The fourth-order valence-electron chi connectivity index (χ4n) is 1.18. The van der Waals surface area contributed by atoms with Gasteiger partial charge in [-0.2, -0.15) is 0 Å². The highest BCUT2D eigenvalue weighted by Gasteiger charge is 2.15. The summed E-state index contributed by atoms with van der Waals surface area (Å²) in [6.07, 6.45) is 1.33. The van der Waals surface area contributed by atoms with Crippen LogP contribution in [0.3, 0.4) is 0 Å². The van der Waals surface area contributed by atoms with E-state index in [1.807, 2.05) is 0 Å². The monoisotopic (exact) mass is 317 g/mol. The molecule has 7 nitrogen and oxygen atoms in total. The summed E-state index contributed by atoms with van der Waals surface area (Å²) in [5.41, 5.74) is 5.62. The Morgan fingerprint density at radius 1 is 1.61 bits per heavy atom. The van der Waals surface area contributed by atoms with Crippen LogP contribution in [0.1, 0.15) is 6.92 Å². The Morgan fingerprint density at radius 3 is 3.00 bits per heavy atom. The van der Waals surface area contributed by atoms with E-state index >= 15 is 0 Å². The Kier molecular flexibility index (Phi) is 5.79. The number of ether oxygens (including phenoxy) is 1. The van der Waals surface area contributed by atoms with E-state index in [0.717, 1.165) is 0 Å². The molecule has 4 N–H and O–H groups in total. The average molecular weight is 318 g/mol. The fraction of sp³-hybridized carbons (Fsp3) is 0.500. The molecule has 1 rings (SSSR count). The maximum Gasteiger partial charge on any atom is 0.242 e. The van der Waals surface area contributed by atoms with Crippen LogP contribution in [0.5, 0.6) is 0 Å². The van der Waals surface area contributed by atoms with Crippen molar-refractivity contribution in [3.05, 3.63) is 10.8 Å². The van der Waals surface area contributed by atoms with E-state index in [9.17, 15) is 4.79 Å². The Bertz CT molecular complexity index is 415. The summed E-state index contributed by atoms with van der Waals surface area (Å²) < 4.78 is 5.39. The van der Waals surface area contributed by atoms with Crippen molar-refractivity contribution in [1.29, 1.82) is 0 Å². The molecule has 0 aliphatic carbocycles. The van der Waals surface area contributed by atoms with Gasteiger partial charge in [-0.25, -0.2) is 9.97 Å². The number of nitrogens with zero attached hydrogens (tertiary/aromatic N) is 2. The van der Waals surface area contributed by atoms with Crippen LogP contribution in [-0.2, 0) is 9.53 Å². The molecule has 1 amide bonds. The second kappa shape index (κ2) is 7.12. The topological polar surface area (TPSA) is 102 Å². The molecule has 1 atom stereocenters. The van der Waals surface area contributed by atoms with E-state index in [4.69, 9.17) is 10.5 Å². The number of hydrogen-bond donors (Lipinski definition) is 3. The summed E-state index contributed by atoms with van der Waals surface area (Å²) in [6.45, 7) is 2.67. The summed E-state index contributed by atoms with van der Waals surface area (Å²) in [5.74, 6) is 0.660. The van der Waals surface area contributed by atoms with Gasteiger partial charge >= 0.3 is 0 Å². The van der Waals surface area contributed by atoms with Gasteiger partial charge in [0.25, 0.3) is 0 Å². The number of nitrogen functional groups attached to an aromatic ring is 1. The van der Waals surface area contributed by atoms with Gasteiger partial charge in [0, 0.05) is 13.7 Å². The maximum absolute atomic E-state index is 11.7. The minimum atomic E-state index is -0.438. The molecule has 0 aliphatic heterocycles. The maximum atomic E-state index is 11.7. The van der Waals surface area contributed by atoms with Gasteiger partial charge in [0.15, 0.2) is 0 Å². The largest absolute Gasteiger partial charge is 0.383 e. The molecule has 1 heterocycles. The van der Waals surface area contributed by atoms with Crippen LogP contribution < -0.4 is 16.4 Å². The lowest BCUT2D eigenvalue weighted by Gasteiger charge is -2.15. The normalized spacial score (nSPS) is 11.9. The first-order valence-electron chi connectivity index (χ1n) is 5.35. The van der Waals surface area contributed by atoms with E-state index < -0.39 is 6.04 Å². The third-order valence-corrected chi connectivity index (χ3v) is 2.95. The number of anilines is 2. The van der Waals surface area contributed by atoms with Crippen molar-refractivity contribution in [1.82, 2.24) is 15.3 Å². The fourth-order valence-corrected chi connectivity index (χ4v) is 1.50. The van der Waals surface area contributed by atoms with Crippen molar-refractivity contribution in [3.63, 3.8) is 0 Å². The molecule has 1 aromatic heterocycles. The Balaban J connectivity index is 2.56. The van der Waals surface area contributed by atoms with Crippen molar-refractivity contribution in [2.75, 3.05) is 31.3 Å². The highest BCUT2D eigenvalue weighted by Crippen LogP contribution is 2.24. The number of hydrogen-bond acceptors (Lipinski definition) is 6. The highest BCUT2D eigenvalue weighted by molar-refractivity contribution is 9.10. The lowest BCUT2D eigenvalue weighted by Crippen LogP contribution is -2.39. The minimum absolute atomic E-state index is 0.142. The van der Waals surface area contributed by atoms with Crippen molar-refractivity contribution in [2.45, 2.75) is 13.0 Å². The first kappa shape index (κ1) is 14.7. The molecule has 1 unspecified atom stereocenters. The van der Waals surface area contributed by atoms with Gasteiger partial charge in [0.2, 0.25) is 5.91 Å². The molecule has 0 saturated heterocycles. The van der Waals surface area contributed by atoms with Crippen LogP contribution in [0, 0.1) is 0 Å². The zero-order valence-electron chi connectivity index (χ0n) is 10.2. The molecule has 100 valence electrons. The molecule has 0 aliphatic rings. The predicted molar refractivity (Wildman–Crippen MR) is 72.1 cm³/mol. The summed E-state index contributed by atoms with van der Waals surface area (Å²) in [6, 6.07) is -0.438. The second-order valence-corrected chi connectivity index (χ2v) is 4.36. The zero-order chi connectivity index (χ0) is 13.5. The molecule has 0 saturated carbocycles. The molecule has 0 radical (unpaired) electrons. The number of nitrogens with one attached hydrogen (secondary N) is 2. The molecule has 0 fully saturated rings. The van der Waals surface area contributed by atoms with Crippen LogP contribution in [0.25, 0.3) is 0 Å². The smallest absolute Gasteiger partial charge is 0.242 e. The standard InChI is InChI=1S/C10H16BrN5O2/c1-6(10(17)13-3-4-18-2)16-9-7(11)8(12)14-5-15-9/h5-6H,3-4H2,1-2H3,(H,13,17)(H3,12,14,15,16). The Morgan fingerprint density at radius 2 is 2.33 bits per heavy atom. The van der Waals surface area contributed by atoms with Crippen LogP contribution in [0.2, 0.25) is 0 Å². The Hall–Kier alpha value is -1.41.